The molecule has 1 aromatic rings. The molecule has 1 aliphatic heterocycles. The summed E-state index contributed by atoms with van der Waals surface area (Å²) in [4.78, 5) is 2.38. The summed E-state index contributed by atoms with van der Waals surface area (Å²) in [6.07, 6.45) is 3.70. The highest BCUT2D eigenvalue weighted by atomic mass is 35.5. The molecule has 0 unspecified atom stereocenters. The minimum absolute atomic E-state index is 0.149. The SMILES string of the molecule is C=CCC[C@@H](c1cc(F)c(OCC)c(Cl)c1)N1CCNCC1. The third-order valence-corrected chi connectivity index (χ3v) is 4.21. The second kappa shape index (κ2) is 8.51. The van der Waals surface area contributed by atoms with Crippen LogP contribution in [0.15, 0.2) is 24.8 Å². The largest absolute Gasteiger partial charge is 0.489 e. The van der Waals surface area contributed by atoms with Crippen LogP contribution in [0.5, 0.6) is 5.75 Å². The summed E-state index contributed by atoms with van der Waals surface area (Å²) in [5.74, 6) is -0.237. The Morgan fingerprint density at radius 3 is 2.77 bits per heavy atom. The Hall–Kier alpha value is -1.10. The van der Waals surface area contributed by atoms with Crippen molar-refractivity contribution in [3.05, 3.63) is 41.2 Å². The van der Waals surface area contributed by atoms with Crippen molar-refractivity contribution in [1.29, 1.82) is 0 Å². The van der Waals surface area contributed by atoms with Gasteiger partial charge in [-0.25, -0.2) is 4.39 Å². The lowest BCUT2D eigenvalue weighted by Crippen LogP contribution is -2.45. The summed E-state index contributed by atoms with van der Waals surface area (Å²) in [5, 5.41) is 3.69. The van der Waals surface area contributed by atoms with Crippen LogP contribution in [-0.4, -0.2) is 37.7 Å². The quantitative estimate of drug-likeness (QED) is 0.772. The van der Waals surface area contributed by atoms with Crippen LogP contribution in [0.2, 0.25) is 5.02 Å². The van der Waals surface area contributed by atoms with E-state index in [1.807, 2.05) is 19.1 Å². The first-order valence-electron chi connectivity index (χ1n) is 7.84. The molecule has 0 radical (unpaired) electrons. The minimum atomic E-state index is -0.386. The Morgan fingerprint density at radius 1 is 1.45 bits per heavy atom. The van der Waals surface area contributed by atoms with E-state index >= 15 is 0 Å². The second-order valence-corrected chi connectivity index (χ2v) is 5.82. The number of allylic oxidation sites excluding steroid dienone is 1. The number of rotatable bonds is 7. The number of nitrogens with zero attached hydrogens (tertiary/aromatic N) is 1. The van der Waals surface area contributed by atoms with Crippen molar-refractivity contribution < 1.29 is 9.13 Å². The Morgan fingerprint density at radius 2 is 2.18 bits per heavy atom. The standard InChI is InChI=1S/C17H24ClFN2O/c1-3-5-6-16(21-9-7-20-8-10-21)13-11-14(18)17(22-4-2)15(19)12-13/h3,11-12,16,20H,1,4-10H2,2H3/t16-/m0/s1. The van der Waals surface area contributed by atoms with E-state index in [4.69, 9.17) is 16.3 Å². The smallest absolute Gasteiger partial charge is 0.173 e. The molecule has 0 spiro atoms. The van der Waals surface area contributed by atoms with Crippen molar-refractivity contribution in [2.24, 2.45) is 0 Å². The van der Waals surface area contributed by atoms with Crippen LogP contribution >= 0.6 is 11.6 Å². The van der Waals surface area contributed by atoms with Gasteiger partial charge in [0.2, 0.25) is 0 Å². The molecule has 0 bridgehead atoms. The van der Waals surface area contributed by atoms with Gasteiger partial charge in [-0.3, -0.25) is 4.90 Å². The topological polar surface area (TPSA) is 24.5 Å². The number of hydrogen-bond acceptors (Lipinski definition) is 3. The summed E-state index contributed by atoms with van der Waals surface area (Å²) in [6, 6.07) is 3.56. The van der Waals surface area contributed by atoms with Crippen LogP contribution in [0.4, 0.5) is 4.39 Å². The Bertz CT molecular complexity index is 480. The second-order valence-electron chi connectivity index (χ2n) is 5.41. The fraction of sp³-hybridized carbons (Fsp3) is 0.529. The highest BCUT2D eigenvalue weighted by Gasteiger charge is 2.24. The van der Waals surface area contributed by atoms with Crippen LogP contribution in [0.1, 0.15) is 31.4 Å². The van der Waals surface area contributed by atoms with Gasteiger partial charge in [0.25, 0.3) is 0 Å². The van der Waals surface area contributed by atoms with Crippen molar-refractivity contribution in [1.82, 2.24) is 10.2 Å². The highest BCUT2D eigenvalue weighted by Crippen LogP contribution is 2.35. The molecule has 22 heavy (non-hydrogen) atoms. The number of piperazine rings is 1. The minimum Gasteiger partial charge on any atom is -0.489 e. The Labute approximate surface area is 137 Å². The van der Waals surface area contributed by atoms with Gasteiger partial charge >= 0.3 is 0 Å². The summed E-state index contributed by atoms with van der Waals surface area (Å²) >= 11 is 6.21. The normalized spacial score (nSPS) is 17.2. The lowest BCUT2D eigenvalue weighted by molar-refractivity contribution is 0.165. The highest BCUT2D eigenvalue weighted by molar-refractivity contribution is 6.32. The van der Waals surface area contributed by atoms with E-state index in [1.54, 1.807) is 6.07 Å². The first-order valence-corrected chi connectivity index (χ1v) is 8.22. The van der Waals surface area contributed by atoms with E-state index in [-0.39, 0.29) is 17.6 Å². The summed E-state index contributed by atoms with van der Waals surface area (Å²) in [7, 11) is 0. The third-order valence-electron chi connectivity index (χ3n) is 3.93. The lowest BCUT2D eigenvalue weighted by atomic mass is 9.99. The molecule has 2 rings (SSSR count). The van der Waals surface area contributed by atoms with E-state index < -0.39 is 0 Å². The predicted octanol–water partition coefficient (Wildman–Crippen LogP) is 3.79. The zero-order valence-corrected chi connectivity index (χ0v) is 13.8. The van der Waals surface area contributed by atoms with Gasteiger partial charge in [0.15, 0.2) is 11.6 Å². The molecule has 3 nitrogen and oxygen atoms in total. The fourth-order valence-electron chi connectivity index (χ4n) is 2.88. The maximum absolute atomic E-state index is 14.3. The van der Waals surface area contributed by atoms with Crippen molar-refractivity contribution in [2.75, 3.05) is 32.8 Å². The van der Waals surface area contributed by atoms with E-state index in [9.17, 15) is 4.39 Å². The van der Waals surface area contributed by atoms with Gasteiger partial charge in [-0.05, 0) is 37.5 Å². The van der Waals surface area contributed by atoms with Gasteiger partial charge in [0.05, 0.1) is 11.6 Å². The molecular weight excluding hydrogens is 303 g/mol. The molecule has 1 atom stereocenters. The molecule has 1 N–H and O–H groups in total. The van der Waals surface area contributed by atoms with E-state index in [0.29, 0.717) is 11.6 Å². The van der Waals surface area contributed by atoms with Crippen molar-refractivity contribution in [3.63, 3.8) is 0 Å². The van der Waals surface area contributed by atoms with Gasteiger partial charge in [0.1, 0.15) is 0 Å². The van der Waals surface area contributed by atoms with Gasteiger partial charge in [-0.15, -0.1) is 6.58 Å². The molecule has 122 valence electrons. The zero-order valence-electron chi connectivity index (χ0n) is 13.1. The first kappa shape index (κ1) is 17.3. The maximum Gasteiger partial charge on any atom is 0.173 e. The molecule has 0 aliphatic carbocycles. The van der Waals surface area contributed by atoms with Crippen LogP contribution in [0.3, 0.4) is 0 Å². The molecule has 0 amide bonds. The van der Waals surface area contributed by atoms with Crippen LogP contribution in [0, 0.1) is 5.82 Å². The Kier molecular flexibility index (Phi) is 6.68. The van der Waals surface area contributed by atoms with Crippen LogP contribution in [-0.2, 0) is 0 Å². The summed E-state index contributed by atoms with van der Waals surface area (Å²) in [5.41, 5.74) is 0.912. The lowest BCUT2D eigenvalue weighted by Gasteiger charge is -2.35. The molecule has 0 aromatic heterocycles. The van der Waals surface area contributed by atoms with Gasteiger partial charge in [-0.2, -0.15) is 0 Å². The third kappa shape index (κ3) is 4.22. The zero-order chi connectivity index (χ0) is 15.9. The maximum atomic E-state index is 14.3. The summed E-state index contributed by atoms with van der Waals surface area (Å²) < 4.78 is 19.6. The monoisotopic (exact) mass is 326 g/mol. The molecular formula is C17H24ClFN2O. The molecule has 1 fully saturated rings. The van der Waals surface area contributed by atoms with Crippen LogP contribution < -0.4 is 10.1 Å². The number of halogens is 2. The van der Waals surface area contributed by atoms with E-state index in [0.717, 1.165) is 44.6 Å². The molecule has 1 aromatic carbocycles. The molecule has 5 heteroatoms. The number of benzene rings is 1. The first-order chi connectivity index (χ1) is 10.7. The average Bonchev–Trinajstić information content (AvgIpc) is 2.52. The van der Waals surface area contributed by atoms with E-state index in [2.05, 4.69) is 16.8 Å². The number of hydrogen-bond donors (Lipinski definition) is 1. The fourth-order valence-corrected chi connectivity index (χ4v) is 3.15. The molecule has 1 aliphatic rings. The average molecular weight is 327 g/mol. The molecule has 1 heterocycles. The van der Waals surface area contributed by atoms with E-state index in [1.165, 1.54) is 0 Å². The number of ether oxygens (including phenoxy) is 1. The van der Waals surface area contributed by atoms with Crippen LogP contribution in [0.25, 0.3) is 0 Å². The summed E-state index contributed by atoms with van der Waals surface area (Å²) in [6.45, 7) is 9.82. The van der Waals surface area contributed by atoms with Crippen molar-refractivity contribution in [3.8, 4) is 5.75 Å². The van der Waals surface area contributed by atoms with Crippen molar-refractivity contribution >= 4 is 11.6 Å². The van der Waals surface area contributed by atoms with Crippen molar-refractivity contribution in [2.45, 2.75) is 25.8 Å². The molecule has 1 saturated heterocycles. The van der Waals surface area contributed by atoms with Gasteiger partial charge < -0.3 is 10.1 Å². The van der Waals surface area contributed by atoms with Gasteiger partial charge in [0, 0.05) is 32.2 Å². The number of nitrogens with one attached hydrogen (secondary N) is 1. The predicted molar refractivity (Wildman–Crippen MR) is 89.2 cm³/mol. The Balaban J connectivity index is 2.27. The molecule has 0 saturated carbocycles. The van der Waals surface area contributed by atoms with Gasteiger partial charge in [-0.1, -0.05) is 17.7 Å².